The van der Waals surface area contributed by atoms with Crippen molar-refractivity contribution in [2.24, 2.45) is 0 Å². The lowest BCUT2D eigenvalue weighted by molar-refractivity contribution is 0.0951. The van der Waals surface area contributed by atoms with Crippen LogP contribution in [-0.4, -0.2) is 22.2 Å². The molecule has 5 nitrogen and oxygen atoms in total. The van der Waals surface area contributed by atoms with Crippen LogP contribution in [0.25, 0.3) is 0 Å². The summed E-state index contributed by atoms with van der Waals surface area (Å²) in [5.74, 6) is -0.147. The molecule has 2 rings (SSSR count). The molecular weight excluding hydrogens is 290 g/mol. The third kappa shape index (κ3) is 4.52. The maximum atomic E-state index is 12.1. The lowest BCUT2D eigenvalue weighted by atomic mass is 9.87. The minimum absolute atomic E-state index is 0.0625. The summed E-state index contributed by atoms with van der Waals surface area (Å²) >= 11 is 0. The van der Waals surface area contributed by atoms with Gasteiger partial charge in [-0.05, 0) is 36.1 Å². The van der Waals surface area contributed by atoms with E-state index >= 15 is 0 Å². The quantitative estimate of drug-likeness (QED) is 0.942. The monoisotopic (exact) mass is 313 g/mol. The van der Waals surface area contributed by atoms with Crippen LogP contribution in [0.3, 0.4) is 0 Å². The normalized spacial score (nSPS) is 11.3. The zero-order valence-electron chi connectivity index (χ0n) is 14.1. The molecule has 0 radical (unpaired) electrons. The summed E-state index contributed by atoms with van der Waals surface area (Å²) in [5.41, 5.74) is 2.47. The van der Waals surface area contributed by atoms with Crippen LogP contribution in [0.1, 0.15) is 42.4 Å². The summed E-state index contributed by atoms with van der Waals surface area (Å²) in [6.07, 6.45) is 0. The van der Waals surface area contributed by atoms with Crippen LogP contribution < -0.4 is 10.9 Å². The third-order valence-corrected chi connectivity index (χ3v) is 3.62. The second-order valence-corrected chi connectivity index (χ2v) is 6.62. The van der Waals surface area contributed by atoms with E-state index in [0.29, 0.717) is 18.7 Å². The van der Waals surface area contributed by atoms with E-state index in [0.717, 1.165) is 5.69 Å². The highest BCUT2D eigenvalue weighted by Gasteiger charge is 2.14. The van der Waals surface area contributed by atoms with Gasteiger partial charge in [-0.15, -0.1) is 0 Å². The fourth-order valence-electron chi connectivity index (χ4n) is 2.21. The van der Waals surface area contributed by atoms with Crippen molar-refractivity contribution in [1.29, 1.82) is 0 Å². The number of carbonyl (C=O) groups excluding carboxylic acids is 1. The average Bonchev–Trinajstić information content (AvgIpc) is 2.50. The molecule has 23 heavy (non-hydrogen) atoms. The number of benzene rings is 1. The Kier molecular flexibility index (Phi) is 4.98. The highest BCUT2D eigenvalue weighted by molar-refractivity contribution is 5.94. The van der Waals surface area contributed by atoms with Gasteiger partial charge in [0.05, 0.1) is 12.2 Å². The number of nitrogens with zero attached hydrogens (tertiary/aromatic N) is 2. The minimum atomic E-state index is -0.167. The fourth-order valence-corrected chi connectivity index (χ4v) is 2.21. The molecule has 0 aliphatic carbocycles. The first-order chi connectivity index (χ1) is 10.8. The molecule has 0 atom stereocenters. The van der Waals surface area contributed by atoms with Crippen LogP contribution >= 0.6 is 0 Å². The van der Waals surface area contributed by atoms with Crippen LogP contribution in [0.15, 0.2) is 41.2 Å². The van der Waals surface area contributed by atoms with Crippen molar-refractivity contribution < 1.29 is 4.79 Å². The van der Waals surface area contributed by atoms with E-state index in [-0.39, 0.29) is 16.9 Å². The van der Waals surface area contributed by atoms with Gasteiger partial charge in [-0.25, -0.2) is 4.68 Å². The van der Waals surface area contributed by atoms with Crippen LogP contribution in [-0.2, 0) is 12.0 Å². The Bertz CT molecular complexity index is 740. The van der Waals surface area contributed by atoms with E-state index in [1.54, 1.807) is 6.07 Å². The van der Waals surface area contributed by atoms with Crippen molar-refractivity contribution in [1.82, 2.24) is 15.1 Å². The Hall–Kier alpha value is -2.43. The predicted octanol–water partition coefficient (Wildman–Crippen LogP) is 2.28. The van der Waals surface area contributed by atoms with E-state index in [2.05, 4.69) is 31.2 Å². The Balaban J connectivity index is 1.95. The summed E-state index contributed by atoms with van der Waals surface area (Å²) in [5, 5.41) is 6.95. The van der Waals surface area contributed by atoms with Gasteiger partial charge in [0.25, 0.3) is 11.5 Å². The second kappa shape index (κ2) is 6.77. The number of nitrogens with one attached hydrogen (secondary N) is 1. The molecule has 0 bridgehead atoms. The summed E-state index contributed by atoms with van der Waals surface area (Å²) in [6.45, 7) is 8.94. The molecule has 5 heteroatoms. The third-order valence-electron chi connectivity index (χ3n) is 3.62. The van der Waals surface area contributed by atoms with E-state index in [1.807, 2.05) is 31.2 Å². The van der Waals surface area contributed by atoms with Crippen LogP contribution in [0.2, 0.25) is 0 Å². The molecule has 1 aromatic carbocycles. The fraction of sp³-hybridized carbons (Fsp3) is 0.389. The molecule has 0 fully saturated rings. The van der Waals surface area contributed by atoms with Gasteiger partial charge in [0, 0.05) is 18.2 Å². The maximum Gasteiger partial charge on any atom is 0.266 e. The highest BCUT2D eigenvalue weighted by Crippen LogP contribution is 2.22. The first kappa shape index (κ1) is 16.9. The number of rotatable bonds is 4. The van der Waals surface area contributed by atoms with Gasteiger partial charge < -0.3 is 5.32 Å². The van der Waals surface area contributed by atoms with Crippen molar-refractivity contribution in [2.75, 3.05) is 6.54 Å². The molecule has 1 N–H and O–H groups in total. The number of aromatic nitrogens is 2. The van der Waals surface area contributed by atoms with E-state index in [1.165, 1.54) is 16.3 Å². The van der Waals surface area contributed by atoms with E-state index in [9.17, 15) is 9.59 Å². The smallest absolute Gasteiger partial charge is 0.266 e. The predicted molar refractivity (Wildman–Crippen MR) is 90.7 cm³/mol. The Morgan fingerprint density at radius 2 is 1.78 bits per heavy atom. The van der Waals surface area contributed by atoms with Gasteiger partial charge in [-0.3, -0.25) is 9.59 Å². The van der Waals surface area contributed by atoms with Gasteiger partial charge >= 0.3 is 0 Å². The van der Waals surface area contributed by atoms with Crippen molar-refractivity contribution in [2.45, 2.75) is 39.7 Å². The lowest BCUT2D eigenvalue weighted by Crippen LogP contribution is -2.32. The van der Waals surface area contributed by atoms with E-state index in [4.69, 9.17) is 0 Å². The van der Waals surface area contributed by atoms with Crippen molar-refractivity contribution in [3.8, 4) is 0 Å². The lowest BCUT2D eigenvalue weighted by Gasteiger charge is -2.19. The number of amides is 1. The minimum Gasteiger partial charge on any atom is -0.350 e. The SMILES string of the molecule is Cc1ccc(=O)n(CCNC(=O)c2ccc(C(C)(C)C)cc2)n1. The van der Waals surface area contributed by atoms with Crippen molar-refractivity contribution >= 4 is 5.91 Å². The molecule has 0 saturated heterocycles. The molecule has 0 unspecified atom stereocenters. The second-order valence-electron chi connectivity index (χ2n) is 6.62. The largest absolute Gasteiger partial charge is 0.350 e. The molecule has 0 spiro atoms. The number of hydrogen-bond donors (Lipinski definition) is 1. The van der Waals surface area contributed by atoms with Gasteiger partial charge in [0.15, 0.2) is 0 Å². The number of carbonyl (C=O) groups is 1. The Morgan fingerprint density at radius 1 is 1.13 bits per heavy atom. The number of hydrogen-bond acceptors (Lipinski definition) is 3. The maximum absolute atomic E-state index is 12.1. The summed E-state index contributed by atoms with van der Waals surface area (Å²) in [7, 11) is 0. The molecule has 122 valence electrons. The standard InChI is InChI=1S/C18H23N3O2/c1-13-5-10-16(22)21(20-13)12-11-19-17(23)14-6-8-15(9-7-14)18(2,3)4/h5-10H,11-12H2,1-4H3,(H,19,23). The topological polar surface area (TPSA) is 64.0 Å². The molecule has 1 aromatic heterocycles. The Morgan fingerprint density at radius 3 is 2.39 bits per heavy atom. The van der Waals surface area contributed by atoms with Crippen molar-refractivity contribution in [3.63, 3.8) is 0 Å². The first-order valence-electron chi connectivity index (χ1n) is 7.71. The van der Waals surface area contributed by atoms with Gasteiger partial charge in [-0.1, -0.05) is 32.9 Å². The average molecular weight is 313 g/mol. The highest BCUT2D eigenvalue weighted by atomic mass is 16.1. The molecule has 0 saturated carbocycles. The van der Waals surface area contributed by atoms with Gasteiger partial charge in [0.1, 0.15) is 0 Å². The number of aryl methyl sites for hydroxylation is 1. The molecule has 0 aliphatic rings. The first-order valence-corrected chi connectivity index (χ1v) is 7.71. The summed E-state index contributed by atoms with van der Waals surface area (Å²) in [4.78, 5) is 23.8. The molecule has 1 heterocycles. The molecule has 0 aliphatic heterocycles. The Labute approximate surface area is 136 Å². The van der Waals surface area contributed by atoms with Crippen molar-refractivity contribution in [3.05, 3.63) is 63.6 Å². The molecule has 1 amide bonds. The van der Waals surface area contributed by atoms with Crippen LogP contribution in [0.4, 0.5) is 0 Å². The van der Waals surface area contributed by atoms with Gasteiger partial charge in [-0.2, -0.15) is 5.10 Å². The van der Waals surface area contributed by atoms with E-state index < -0.39 is 0 Å². The zero-order valence-corrected chi connectivity index (χ0v) is 14.1. The van der Waals surface area contributed by atoms with Crippen LogP contribution in [0.5, 0.6) is 0 Å². The van der Waals surface area contributed by atoms with Crippen LogP contribution in [0, 0.1) is 6.92 Å². The zero-order chi connectivity index (χ0) is 17.0. The molecule has 2 aromatic rings. The van der Waals surface area contributed by atoms with Gasteiger partial charge in [0.2, 0.25) is 0 Å². The summed E-state index contributed by atoms with van der Waals surface area (Å²) < 4.78 is 1.36. The summed E-state index contributed by atoms with van der Waals surface area (Å²) in [6, 6.07) is 10.8. The molecular formula is C18H23N3O2.